The van der Waals surface area contributed by atoms with Gasteiger partial charge in [0.2, 0.25) is 5.95 Å². The van der Waals surface area contributed by atoms with Crippen LogP contribution in [0.5, 0.6) is 0 Å². The molecule has 3 aliphatic rings. The van der Waals surface area contributed by atoms with E-state index in [9.17, 15) is 0 Å². The van der Waals surface area contributed by atoms with Gasteiger partial charge in [-0.15, -0.1) is 0 Å². The molecular weight excluding hydrogens is 482 g/mol. The zero-order valence-corrected chi connectivity index (χ0v) is 24.0. The fraction of sp³-hybridized carbons (Fsp3) is 0.531. The Morgan fingerprint density at radius 1 is 0.897 bits per heavy atom. The second-order valence-electron chi connectivity index (χ2n) is 13.1. The SMILES string of the molecule is Cc1cc(Nc2nccc(-c3ccc(NC4CCCCC4)nc3)n2)ccc1N1CC2(C)CN(C)CC(C)(C1)C2. The Bertz CT molecular complexity index is 1280. The molecule has 206 valence electrons. The van der Waals surface area contributed by atoms with Crippen molar-refractivity contribution < 1.29 is 0 Å². The standard InChI is InChI=1S/C32H43N7/c1-23-16-26(11-12-28(23)39-21-31(2)18-32(3,22-39)20-38(4)19-31)36-30-33-15-14-27(37-30)24-10-13-29(34-17-24)35-25-8-6-5-7-9-25/h10-17,25H,5-9,18-22H2,1-4H3,(H,34,35)(H,33,36,37). The summed E-state index contributed by atoms with van der Waals surface area (Å²) >= 11 is 0. The van der Waals surface area contributed by atoms with Gasteiger partial charge >= 0.3 is 0 Å². The lowest BCUT2D eigenvalue weighted by Crippen LogP contribution is -2.61. The molecule has 7 nitrogen and oxygen atoms in total. The van der Waals surface area contributed by atoms with Crippen LogP contribution in [-0.4, -0.2) is 59.1 Å². The Morgan fingerprint density at radius 3 is 2.36 bits per heavy atom. The van der Waals surface area contributed by atoms with Gasteiger partial charge in [0.15, 0.2) is 0 Å². The number of nitrogens with zero attached hydrogens (tertiary/aromatic N) is 5. The van der Waals surface area contributed by atoms with Crippen LogP contribution in [0.4, 0.5) is 23.1 Å². The number of likely N-dealkylation sites (tertiary alicyclic amines) is 1. The number of rotatable bonds is 6. The highest BCUT2D eigenvalue weighted by atomic mass is 15.2. The number of benzene rings is 1. The molecule has 1 aromatic carbocycles. The van der Waals surface area contributed by atoms with Crippen LogP contribution in [0, 0.1) is 17.8 Å². The first kappa shape index (κ1) is 26.1. The molecule has 0 radical (unpaired) electrons. The van der Waals surface area contributed by atoms with Crippen molar-refractivity contribution in [3.63, 3.8) is 0 Å². The van der Waals surface area contributed by atoms with Gasteiger partial charge in [-0.25, -0.2) is 15.0 Å². The molecule has 2 unspecified atom stereocenters. The number of hydrogen-bond donors (Lipinski definition) is 2. The molecule has 0 amide bonds. The van der Waals surface area contributed by atoms with Gasteiger partial charge in [0.1, 0.15) is 5.82 Å². The number of hydrogen-bond acceptors (Lipinski definition) is 7. The average molecular weight is 526 g/mol. The number of pyridine rings is 1. The van der Waals surface area contributed by atoms with Crippen LogP contribution in [-0.2, 0) is 0 Å². The van der Waals surface area contributed by atoms with Crippen molar-refractivity contribution in [3.8, 4) is 11.3 Å². The zero-order chi connectivity index (χ0) is 27.0. The van der Waals surface area contributed by atoms with E-state index >= 15 is 0 Å². The number of aromatic nitrogens is 3. The van der Waals surface area contributed by atoms with E-state index in [4.69, 9.17) is 4.98 Å². The van der Waals surface area contributed by atoms with Crippen molar-refractivity contribution in [2.75, 3.05) is 48.8 Å². The predicted molar refractivity (Wildman–Crippen MR) is 161 cm³/mol. The highest BCUT2D eigenvalue weighted by molar-refractivity contribution is 5.66. The molecule has 2 aromatic heterocycles. The molecule has 2 aliphatic heterocycles. The van der Waals surface area contributed by atoms with Gasteiger partial charge in [-0.3, -0.25) is 0 Å². The normalized spacial score (nSPS) is 25.9. The maximum absolute atomic E-state index is 4.79. The average Bonchev–Trinajstić information content (AvgIpc) is 2.88. The van der Waals surface area contributed by atoms with Crippen LogP contribution in [0.3, 0.4) is 0 Å². The van der Waals surface area contributed by atoms with E-state index in [-0.39, 0.29) is 0 Å². The van der Waals surface area contributed by atoms with Crippen molar-refractivity contribution in [2.45, 2.75) is 65.3 Å². The Morgan fingerprint density at radius 2 is 1.67 bits per heavy atom. The molecule has 1 saturated carbocycles. The first-order chi connectivity index (χ1) is 18.8. The van der Waals surface area contributed by atoms with Crippen molar-refractivity contribution in [2.24, 2.45) is 10.8 Å². The molecule has 2 N–H and O–H groups in total. The van der Waals surface area contributed by atoms with Gasteiger partial charge in [0, 0.05) is 61.6 Å². The molecule has 39 heavy (non-hydrogen) atoms. The Hall–Kier alpha value is -3.19. The van der Waals surface area contributed by atoms with Crippen LogP contribution in [0.25, 0.3) is 11.3 Å². The zero-order valence-electron chi connectivity index (χ0n) is 24.0. The fourth-order valence-electron chi connectivity index (χ4n) is 7.74. The maximum atomic E-state index is 4.79. The van der Waals surface area contributed by atoms with E-state index in [1.807, 2.05) is 18.5 Å². The van der Waals surface area contributed by atoms with Gasteiger partial charge in [0.05, 0.1) is 5.69 Å². The summed E-state index contributed by atoms with van der Waals surface area (Å²) in [6.07, 6.45) is 11.5. The molecule has 3 fully saturated rings. The largest absolute Gasteiger partial charge is 0.370 e. The summed E-state index contributed by atoms with van der Waals surface area (Å²) in [6.45, 7) is 11.7. The molecule has 3 aromatic rings. The van der Waals surface area contributed by atoms with E-state index in [1.54, 1.807) is 0 Å². The Balaban J connectivity index is 1.13. The van der Waals surface area contributed by atoms with Gasteiger partial charge in [-0.2, -0.15) is 0 Å². The molecule has 2 bridgehead atoms. The molecule has 7 heteroatoms. The monoisotopic (exact) mass is 525 g/mol. The summed E-state index contributed by atoms with van der Waals surface area (Å²) in [5.74, 6) is 1.54. The van der Waals surface area contributed by atoms with Crippen LogP contribution in [0.15, 0.2) is 48.8 Å². The van der Waals surface area contributed by atoms with E-state index in [1.165, 1.54) is 62.9 Å². The van der Waals surface area contributed by atoms with E-state index < -0.39 is 0 Å². The summed E-state index contributed by atoms with van der Waals surface area (Å²) in [5.41, 5.74) is 6.14. The lowest BCUT2D eigenvalue weighted by Gasteiger charge is -2.57. The lowest BCUT2D eigenvalue weighted by atomic mass is 9.65. The van der Waals surface area contributed by atoms with Crippen LogP contribution >= 0.6 is 0 Å². The third-order valence-electron chi connectivity index (χ3n) is 8.77. The first-order valence-corrected chi connectivity index (χ1v) is 14.6. The number of piperidine rings is 2. The molecule has 6 rings (SSSR count). The van der Waals surface area contributed by atoms with Crippen LogP contribution in [0.2, 0.25) is 0 Å². The molecular formula is C32H43N7. The molecule has 1 aliphatic carbocycles. The molecule has 2 atom stereocenters. The number of fused-ring (bicyclic) bond motifs is 2. The summed E-state index contributed by atoms with van der Waals surface area (Å²) in [7, 11) is 2.27. The minimum absolute atomic E-state index is 0.330. The van der Waals surface area contributed by atoms with Crippen LogP contribution < -0.4 is 15.5 Å². The Kier molecular flexibility index (Phi) is 6.96. The summed E-state index contributed by atoms with van der Waals surface area (Å²) < 4.78 is 0. The third-order valence-corrected chi connectivity index (χ3v) is 8.77. The third kappa shape index (κ3) is 5.88. The number of anilines is 4. The van der Waals surface area contributed by atoms with Gasteiger partial charge in [-0.1, -0.05) is 33.1 Å². The molecule has 0 spiro atoms. The minimum Gasteiger partial charge on any atom is -0.370 e. The van der Waals surface area contributed by atoms with Gasteiger partial charge in [-0.05, 0) is 86.0 Å². The van der Waals surface area contributed by atoms with Crippen molar-refractivity contribution in [1.29, 1.82) is 0 Å². The number of aryl methyl sites for hydroxylation is 1. The second kappa shape index (κ2) is 10.4. The van der Waals surface area contributed by atoms with E-state index in [2.05, 4.69) is 88.6 Å². The highest BCUT2D eigenvalue weighted by Crippen LogP contribution is 2.46. The van der Waals surface area contributed by atoms with Crippen molar-refractivity contribution >= 4 is 23.1 Å². The smallest absolute Gasteiger partial charge is 0.227 e. The lowest BCUT2D eigenvalue weighted by molar-refractivity contribution is 0.00531. The minimum atomic E-state index is 0.330. The van der Waals surface area contributed by atoms with Crippen molar-refractivity contribution in [3.05, 3.63) is 54.4 Å². The first-order valence-electron chi connectivity index (χ1n) is 14.6. The highest BCUT2D eigenvalue weighted by Gasteiger charge is 2.47. The maximum Gasteiger partial charge on any atom is 0.227 e. The van der Waals surface area contributed by atoms with E-state index in [0.29, 0.717) is 22.8 Å². The molecule has 2 saturated heterocycles. The van der Waals surface area contributed by atoms with E-state index in [0.717, 1.165) is 35.9 Å². The molecule has 4 heterocycles. The van der Waals surface area contributed by atoms with Gasteiger partial charge < -0.3 is 20.4 Å². The predicted octanol–water partition coefficient (Wildman–Crippen LogP) is 6.50. The topological polar surface area (TPSA) is 69.2 Å². The summed E-state index contributed by atoms with van der Waals surface area (Å²) in [5, 5.41) is 7.02. The van der Waals surface area contributed by atoms with Crippen LogP contribution in [0.1, 0.15) is 57.9 Å². The summed E-state index contributed by atoms with van der Waals surface area (Å²) in [6, 6.07) is 13.3. The Labute approximate surface area is 233 Å². The fourth-order valence-corrected chi connectivity index (χ4v) is 7.74. The van der Waals surface area contributed by atoms with Crippen molar-refractivity contribution in [1.82, 2.24) is 19.9 Å². The quantitative estimate of drug-likeness (QED) is 0.380. The second-order valence-corrected chi connectivity index (χ2v) is 13.1. The van der Waals surface area contributed by atoms with Gasteiger partial charge in [0.25, 0.3) is 0 Å². The number of nitrogens with one attached hydrogen (secondary N) is 2. The summed E-state index contributed by atoms with van der Waals surface area (Å²) in [4.78, 5) is 19.1.